The molecule has 1 unspecified atom stereocenters. The Hall–Kier alpha value is -4.23. The highest BCUT2D eigenvalue weighted by molar-refractivity contribution is 5.97. The van der Waals surface area contributed by atoms with Crippen LogP contribution >= 0.6 is 0 Å². The summed E-state index contributed by atoms with van der Waals surface area (Å²) in [4.78, 5) is 34.3. The van der Waals surface area contributed by atoms with E-state index in [-0.39, 0.29) is 18.6 Å². The second kappa shape index (κ2) is 12.0. The summed E-state index contributed by atoms with van der Waals surface area (Å²) in [5.41, 5.74) is 4.31. The number of amides is 1. The van der Waals surface area contributed by atoms with E-state index in [1.807, 2.05) is 0 Å². The predicted octanol–water partition coefficient (Wildman–Crippen LogP) is 4.78. The molecule has 0 N–H and O–H groups in total. The van der Waals surface area contributed by atoms with E-state index < -0.39 is 17.8 Å². The molecule has 0 radical (unpaired) electrons. The number of halogens is 1. The van der Waals surface area contributed by atoms with Gasteiger partial charge < -0.3 is 24.3 Å². The summed E-state index contributed by atoms with van der Waals surface area (Å²) in [5, 5.41) is 2.46. The van der Waals surface area contributed by atoms with Crippen LogP contribution in [-0.4, -0.2) is 90.2 Å². The molecule has 9 nitrogen and oxygen atoms in total. The molecule has 3 aliphatic heterocycles. The minimum Gasteiger partial charge on any atom is -0.461 e. The fourth-order valence-electron chi connectivity index (χ4n) is 6.98. The Morgan fingerprint density at radius 3 is 2.68 bits per heavy atom. The standard InChI is InChI=1S/C34H40FN7O2/c1-23-9-6-10-25-11-7-12-29(30(23)25)40-16-13-27-28(21-40)37-33(44-22-34(3)14-8-15-39(34)5)38-31(27)41-17-18-42(32(43)24(2)35)26(20-41)19-36-4/h6-7,9-12,26H,2,8,13-22H2,1,3,5H3/t26-,34?/m0/s1. The van der Waals surface area contributed by atoms with Crippen LogP contribution in [0.5, 0.6) is 6.01 Å². The number of likely N-dealkylation sites (N-methyl/N-ethyl adjacent to an activating group) is 1. The summed E-state index contributed by atoms with van der Waals surface area (Å²) in [6.45, 7) is 19.2. The van der Waals surface area contributed by atoms with Crippen molar-refractivity contribution in [1.29, 1.82) is 0 Å². The fourth-order valence-corrected chi connectivity index (χ4v) is 6.98. The average molecular weight is 598 g/mol. The second-order valence-electron chi connectivity index (χ2n) is 12.5. The van der Waals surface area contributed by atoms with Gasteiger partial charge in [0.15, 0.2) is 5.83 Å². The van der Waals surface area contributed by atoms with Gasteiger partial charge in [-0.2, -0.15) is 9.97 Å². The zero-order valence-electron chi connectivity index (χ0n) is 25.9. The highest BCUT2D eigenvalue weighted by Crippen LogP contribution is 2.36. The zero-order valence-corrected chi connectivity index (χ0v) is 25.9. The molecule has 10 heteroatoms. The van der Waals surface area contributed by atoms with Crippen molar-refractivity contribution >= 4 is 28.2 Å². The fraction of sp³-hybridized carbons (Fsp3) is 0.471. The minimum atomic E-state index is -1.00. The number of hydrogen-bond donors (Lipinski definition) is 0. The first kappa shape index (κ1) is 29.8. The highest BCUT2D eigenvalue weighted by atomic mass is 19.1. The largest absolute Gasteiger partial charge is 0.461 e. The number of hydrogen-bond acceptors (Lipinski definition) is 7. The molecule has 230 valence electrons. The Kier molecular flexibility index (Phi) is 8.16. The number of likely N-dealkylation sites (tertiary alicyclic amines) is 1. The van der Waals surface area contributed by atoms with Crippen LogP contribution in [0.3, 0.4) is 0 Å². The summed E-state index contributed by atoms with van der Waals surface area (Å²) >= 11 is 0. The third-order valence-electron chi connectivity index (χ3n) is 9.67. The van der Waals surface area contributed by atoms with Gasteiger partial charge in [0.2, 0.25) is 6.54 Å². The van der Waals surface area contributed by atoms with E-state index in [0.717, 1.165) is 49.4 Å². The van der Waals surface area contributed by atoms with Crippen LogP contribution in [0.2, 0.25) is 0 Å². The van der Waals surface area contributed by atoms with E-state index in [1.54, 1.807) is 0 Å². The van der Waals surface area contributed by atoms with Crippen LogP contribution in [0.25, 0.3) is 15.6 Å². The number of aromatic nitrogens is 2. The molecule has 1 amide bonds. The van der Waals surface area contributed by atoms with Crippen molar-refractivity contribution in [1.82, 2.24) is 19.8 Å². The van der Waals surface area contributed by atoms with Crippen molar-refractivity contribution in [2.75, 3.05) is 62.7 Å². The molecule has 2 fully saturated rings. The molecule has 3 aromatic rings. The lowest BCUT2D eigenvalue weighted by Gasteiger charge is -2.41. The smallest absolute Gasteiger partial charge is 0.318 e. The maximum absolute atomic E-state index is 13.8. The number of fused-ring (bicyclic) bond motifs is 2. The van der Waals surface area contributed by atoms with Crippen molar-refractivity contribution in [2.45, 2.75) is 51.2 Å². The number of rotatable bonds is 7. The number of benzene rings is 2. The topological polar surface area (TPSA) is 69.4 Å². The summed E-state index contributed by atoms with van der Waals surface area (Å²) in [6, 6.07) is 12.7. The van der Waals surface area contributed by atoms with Gasteiger partial charge in [-0.1, -0.05) is 36.9 Å². The lowest BCUT2D eigenvalue weighted by molar-refractivity contribution is -0.131. The van der Waals surface area contributed by atoms with Crippen molar-refractivity contribution < 1.29 is 13.9 Å². The van der Waals surface area contributed by atoms with Gasteiger partial charge in [-0.25, -0.2) is 11.0 Å². The number of ether oxygens (including phenoxy) is 1. The molecular formula is C34H40FN7O2. The van der Waals surface area contributed by atoms with Gasteiger partial charge in [-0.15, -0.1) is 0 Å². The van der Waals surface area contributed by atoms with Crippen LogP contribution in [0, 0.1) is 13.5 Å². The molecule has 44 heavy (non-hydrogen) atoms. The first-order valence-electron chi connectivity index (χ1n) is 15.4. The van der Waals surface area contributed by atoms with Crippen molar-refractivity contribution in [3.63, 3.8) is 0 Å². The van der Waals surface area contributed by atoms with E-state index in [4.69, 9.17) is 21.3 Å². The highest BCUT2D eigenvalue weighted by Gasteiger charge is 2.38. The third kappa shape index (κ3) is 5.57. The zero-order chi connectivity index (χ0) is 31.0. The minimum absolute atomic E-state index is 0.0745. The number of anilines is 2. The first-order valence-corrected chi connectivity index (χ1v) is 15.4. The lowest BCUT2D eigenvalue weighted by Crippen LogP contribution is -2.57. The van der Waals surface area contributed by atoms with Gasteiger partial charge in [0.1, 0.15) is 18.5 Å². The van der Waals surface area contributed by atoms with E-state index in [2.05, 4.69) is 83.4 Å². The van der Waals surface area contributed by atoms with Gasteiger partial charge >= 0.3 is 6.01 Å². The molecule has 0 aliphatic carbocycles. The Morgan fingerprint density at radius 1 is 1.16 bits per heavy atom. The average Bonchev–Trinajstić information content (AvgIpc) is 3.36. The Morgan fingerprint density at radius 2 is 1.95 bits per heavy atom. The molecule has 3 aliphatic rings. The SMILES string of the molecule is [C-]#[N+]C[C@H]1CN(c2nc(OCC3(C)CCCN3C)nc3c2CCN(c2cccc4cccc(C)c24)C3)CCN1C(=O)C(=C)F. The molecular weight excluding hydrogens is 557 g/mol. The van der Waals surface area contributed by atoms with Crippen LogP contribution < -0.4 is 14.5 Å². The quantitative estimate of drug-likeness (QED) is 0.287. The molecule has 2 aromatic carbocycles. The second-order valence-corrected chi connectivity index (χ2v) is 12.5. The Balaban J connectivity index is 1.35. The van der Waals surface area contributed by atoms with Crippen molar-refractivity contribution in [3.8, 4) is 6.01 Å². The van der Waals surface area contributed by atoms with Gasteiger partial charge in [0.25, 0.3) is 5.91 Å². The number of piperazine rings is 1. The normalized spacial score (nSPS) is 22.2. The van der Waals surface area contributed by atoms with E-state index in [0.29, 0.717) is 32.3 Å². The summed E-state index contributed by atoms with van der Waals surface area (Å²) < 4.78 is 20.2. The molecule has 6 rings (SSSR count). The first-order chi connectivity index (χ1) is 21.2. The van der Waals surface area contributed by atoms with Crippen molar-refractivity contribution in [3.05, 3.63) is 77.0 Å². The van der Waals surface area contributed by atoms with Crippen molar-refractivity contribution in [2.24, 2.45) is 0 Å². The van der Waals surface area contributed by atoms with Crippen LogP contribution in [0.15, 0.2) is 48.8 Å². The number of carbonyl (C=O) groups is 1. The summed E-state index contributed by atoms with van der Waals surface area (Å²) in [7, 11) is 2.13. The maximum atomic E-state index is 13.8. The number of carbonyl (C=O) groups excluding carboxylic acids is 1. The summed E-state index contributed by atoms with van der Waals surface area (Å²) in [6.07, 6.45) is 2.91. The Bertz CT molecular complexity index is 1630. The van der Waals surface area contributed by atoms with Crippen LogP contribution in [-0.2, 0) is 17.8 Å². The third-order valence-corrected chi connectivity index (χ3v) is 9.67. The molecule has 4 heterocycles. The monoisotopic (exact) mass is 597 g/mol. The summed E-state index contributed by atoms with van der Waals surface area (Å²) in [5.74, 6) is -0.968. The molecule has 2 saturated heterocycles. The van der Waals surface area contributed by atoms with E-state index in [9.17, 15) is 9.18 Å². The Labute approximate surface area is 258 Å². The lowest BCUT2D eigenvalue weighted by atomic mass is 9.99. The molecule has 0 spiro atoms. The van der Waals surface area contributed by atoms with E-state index in [1.165, 1.54) is 26.9 Å². The number of nitrogens with zero attached hydrogens (tertiary/aromatic N) is 7. The van der Waals surface area contributed by atoms with Gasteiger partial charge in [0, 0.05) is 42.8 Å². The number of aryl methyl sites for hydroxylation is 1. The van der Waals surface area contributed by atoms with Gasteiger partial charge in [-0.3, -0.25) is 9.69 Å². The molecule has 0 bridgehead atoms. The van der Waals surface area contributed by atoms with Gasteiger partial charge in [-0.05, 0) is 63.7 Å². The van der Waals surface area contributed by atoms with Crippen LogP contribution in [0.4, 0.5) is 15.9 Å². The molecule has 2 atom stereocenters. The van der Waals surface area contributed by atoms with Crippen LogP contribution in [0.1, 0.15) is 36.6 Å². The predicted molar refractivity (Wildman–Crippen MR) is 171 cm³/mol. The molecule has 0 saturated carbocycles. The maximum Gasteiger partial charge on any atom is 0.318 e. The van der Waals surface area contributed by atoms with E-state index >= 15 is 0 Å². The van der Waals surface area contributed by atoms with Gasteiger partial charge in [0.05, 0.1) is 17.8 Å². The molecule has 1 aromatic heterocycles.